The summed E-state index contributed by atoms with van der Waals surface area (Å²) in [7, 11) is 1.38. The molecular weight excluding hydrogens is 648 g/mol. The molecule has 1 N–H and O–H groups in total. The van der Waals surface area contributed by atoms with Gasteiger partial charge in [-0.3, -0.25) is 24.0 Å². The van der Waals surface area contributed by atoms with E-state index in [-0.39, 0.29) is 35.5 Å². The van der Waals surface area contributed by atoms with E-state index in [0.717, 1.165) is 16.8 Å². The number of nitrogens with one attached hydrogen (secondary N) is 1. The number of nitrogens with zero attached hydrogens (tertiary/aromatic N) is 3. The third kappa shape index (κ3) is 8.30. The quantitative estimate of drug-likeness (QED) is 0.138. The first-order valence-electron chi connectivity index (χ1n) is 15.9. The summed E-state index contributed by atoms with van der Waals surface area (Å²) in [6, 6.07) is 18.4. The van der Waals surface area contributed by atoms with Gasteiger partial charge in [-0.1, -0.05) is 23.7 Å². The Morgan fingerprint density at radius 3 is 2.41 bits per heavy atom. The van der Waals surface area contributed by atoms with Gasteiger partial charge in [0.25, 0.3) is 5.56 Å². The third-order valence-electron chi connectivity index (χ3n) is 8.44. The van der Waals surface area contributed by atoms with E-state index in [1.807, 2.05) is 31.2 Å². The van der Waals surface area contributed by atoms with Gasteiger partial charge in [0.1, 0.15) is 12.3 Å². The van der Waals surface area contributed by atoms with Crippen LogP contribution in [0.2, 0.25) is 5.02 Å². The van der Waals surface area contributed by atoms with E-state index in [1.165, 1.54) is 20.1 Å². The largest absolute Gasteiger partial charge is 0.480 e. The molecule has 1 aliphatic rings. The molecule has 2 unspecified atom stereocenters. The van der Waals surface area contributed by atoms with Crippen molar-refractivity contribution in [2.24, 2.45) is 5.92 Å². The molecule has 0 aliphatic carbocycles. The van der Waals surface area contributed by atoms with Crippen molar-refractivity contribution in [3.63, 3.8) is 0 Å². The highest BCUT2D eigenvalue weighted by molar-refractivity contribution is 6.31. The fourth-order valence-corrected chi connectivity index (χ4v) is 6.03. The molecule has 254 valence electrons. The van der Waals surface area contributed by atoms with E-state index in [9.17, 15) is 24.0 Å². The van der Waals surface area contributed by atoms with Crippen LogP contribution in [0, 0.1) is 5.92 Å². The molecule has 4 aromatic rings. The van der Waals surface area contributed by atoms with E-state index in [2.05, 4.69) is 10.4 Å². The van der Waals surface area contributed by atoms with E-state index < -0.39 is 17.5 Å². The molecule has 2 atom stereocenters. The summed E-state index contributed by atoms with van der Waals surface area (Å²) in [5.74, 6) is -0.544. The molecule has 0 radical (unpaired) electrons. The lowest BCUT2D eigenvalue weighted by Gasteiger charge is -2.31. The minimum atomic E-state index is -1.14. The van der Waals surface area contributed by atoms with E-state index in [4.69, 9.17) is 21.1 Å². The topological polar surface area (TPSA) is 137 Å². The lowest BCUT2D eigenvalue weighted by Crippen LogP contribution is -2.40. The van der Waals surface area contributed by atoms with Gasteiger partial charge in [-0.15, -0.1) is 5.10 Å². The van der Waals surface area contributed by atoms with Crippen molar-refractivity contribution >= 4 is 46.9 Å². The van der Waals surface area contributed by atoms with Gasteiger partial charge in [0.05, 0.1) is 12.7 Å². The number of hydrogen-bond acceptors (Lipinski definition) is 8. The number of ketones is 1. The second kappa shape index (κ2) is 15.8. The van der Waals surface area contributed by atoms with Crippen LogP contribution in [-0.2, 0) is 20.7 Å². The Kier molecular flexibility index (Phi) is 11.4. The molecular formula is C37H37ClN4O7. The average molecular weight is 685 g/mol. The zero-order chi connectivity index (χ0) is 35.1. The van der Waals surface area contributed by atoms with Gasteiger partial charge in [-0.05, 0) is 91.9 Å². The molecule has 0 spiro atoms. The van der Waals surface area contributed by atoms with Crippen molar-refractivity contribution in [1.29, 1.82) is 0 Å². The molecule has 1 aliphatic heterocycles. The van der Waals surface area contributed by atoms with Gasteiger partial charge in [-0.25, -0.2) is 4.68 Å². The van der Waals surface area contributed by atoms with Crippen molar-refractivity contribution in [1.82, 2.24) is 9.78 Å². The lowest BCUT2D eigenvalue weighted by molar-refractivity contribution is -0.121. The second-order valence-electron chi connectivity index (χ2n) is 11.8. The molecule has 0 saturated carbocycles. The lowest BCUT2D eigenvalue weighted by atomic mass is 9.96. The van der Waals surface area contributed by atoms with Crippen LogP contribution < -0.4 is 20.5 Å². The Hall–Kier alpha value is -5.13. The fourth-order valence-electron chi connectivity index (χ4n) is 5.86. The number of anilines is 2. The number of rotatable bonds is 13. The molecule has 3 aromatic carbocycles. The summed E-state index contributed by atoms with van der Waals surface area (Å²) in [4.78, 5) is 65.9. The number of piperidine rings is 1. The standard InChI is InChI=1S/C37H37ClN4O7/c1-4-49-22-26-15-16-41(34(45)18-26)29-12-7-24(8-13-29)17-33(36(47)39-28-10-5-25(21-43)6-11-28)42-35(46)20-32(37(40-42)48-3)31-19-27(38)9-14-30(31)23(2)44/h5-14,19-21,26,33H,4,15-18,22H2,1-3H3,(H,39,47). The third-order valence-corrected chi connectivity index (χ3v) is 8.67. The predicted molar refractivity (Wildman–Crippen MR) is 187 cm³/mol. The summed E-state index contributed by atoms with van der Waals surface area (Å²) in [5, 5.41) is 7.64. The number of carbonyl (C=O) groups excluding carboxylic acids is 4. The minimum absolute atomic E-state index is 0.0131. The maximum absolute atomic E-state index is 13.9. The number of aromatic nitrogens is 2. The van der Waals surface area contributed by atoms with Gasteiger partial charge in [0.2, 0.25) is 17.7 Å². The molecule has 12 heteroatoms. The number of halogens is 1. The van der Waals surface area contributed by atoms with Crippen LogP contribution >= 0.6 is 11.6 Å². The Bertz CT molecular complexity index is 1910. The number of carbonyl (C=O) groups is 4. The zero-order valence-corrected chi connectivity index (χ0v) is 28.2. The Labute approximate surface area is 288 Å². The summed E-state index contributed by atoms with van der Waals surface area (Å²) in [6.45, 7) is 5.09. The van der Waals surface area contributed by atoms with Crippen LogP contribution in [0.1, 0.15) is 59.0 Å². The summed E-state index contributed by atoms with van der Waals surface area (Å²) in [6.07, 6.45) is 2.00. The highest BCUT2D eigenvalue weighted by Gasteiger charge is 2.29. The van der Waals surface area contributed by atoms with Crippen LogP contribution in [-0.4, -0.2) is 60.5 Å². The number of aldehydes is 1. The van der Waals surface area contributed by atoms with Crippen LogP contribution in [0.15, 0.2) is 77.6 Å². The van der Waals surface area contributed by atoms with E-state index >= 15 is 0 Å². The molecule has 5 rings (SSSR count). The Balaban J connectivity index is 1.48. The second-order valence-corrected chi connectivity index (χ2v) is 12.2. The van der Waals surface area contributed by atoms with E-state index in [1.54, 1.807) is 47.4 Å². The van der Waals surface area contributed by atoms with Crippen molar-refractivity contribution in [3.05, 3.63) is 105 Å². The Morgan fingerprint density at radius 2 is 1.78 bits per heavy atom. The molecule has 11 nitrogen and oxygen atoms in total. The fraction of sp³-hybridized carbons (Fsp3) is 0.297. The van der Waals surface area contributed by atoms with Crippen LogP contribution in [0.25, 0.3) is 11.1 Å². The summed E-state index contributed by atoms with van der Waals surface area (Å²) < 4.78 is 12.1. The maximum Gasteiger partial charge on any atom is 0.268 e. The molecule has 1 fully saturated rings. The molecule has 49 heavy (non-hydrogen) atoms. The monoisotopic (exact) mass is 684 g/mol. The van der Waals surface area contributed by atoms with Gasteiger partial charge < -0.3 is 19.7 Å². The number of benzene rings is 3. The molecule has 0 bridgehead atoms. The maximum atomic E-state index is 13.9. The van der Waals surface area contributed by atoms with Gasteiger partial charge in [0.15, 0.2) is 5.78 Å². The smallest absolute Gasteiger partial charge is 0.268 e. The van der Waals surface area contributed by atoms with Crippen molar-refractivity contribution in [2.75, 3.05) is 37.1 Å². The average Bonchev–Trinajstić information content (AvgIpc) is 3.10. The Morgan fingerprint density at radius 1 is 1.04 bits per heavy atom. The molecule has 2 amide bonds. The first-order valence-corrected chi connectivity index (χ1v) is 16.3. The first kappa shape index (κ1) is 35.2. The SMILES string of the molecule is CCOCC1CCN(c2ccc(CC(C(=O)Nc3ccc(C=O)cc3)n3nc(OC)c(-c4cc(Cl)ccc4C(C)=O)cc3=O)cc2)C(=O)C1. The van der Waals surface area contributed by atoms with Crippen LogP contribution in [0.5, 0.6) is 5.88 Å². The first-order chi connectivity index (χ1) is 23.6. The predicted octanol–water partition coefficient (Wildman–Crippen LogP) is 5.79. The van der Waals surface area contributed by atoms with Crippen LogP contribution in [0.4, 0.5) is 11.4 Å². The van der Waals surface area contributed by atoms with Crippen molar-refractivity contribution < 1.29 is 28.7 Å². The molecule has 1 saturated heterocycles. The van der Waals surface area contributed by atoms with Crippen molar-refractivity contribution in [3.8, 4) is 17.0 Å². The number of methoxy groups -OCH3 is 1. The summed E-state index contributed by atoms with van der Waals surface area (Å²) >= 11 is 6.25. The number of Topliss-reactive ketones (excluding diaryl/α,β-unsaturated/α-hetero) is 1. The number of ether oxygens (including phenoxy) is 2. The van der Waals surface area contributed by atoms with Crippen LogP contribution in [0.3, 0.4) is 0 Å². The van der Waals surface area contributed by atoms with Crippen molar-refractivity contribution in [2.45, 2.75) is 39.2 Å². The van der Waals surface area contributed by atoms with Gasteiger partial charge in [0, 0.05) is 66.2 Å². The summed E-state index contributed by atoms with van der Waals surface area (Å²) in [5.41, 5.74) is 2.65. The van der Waals surface area contributed by atoms with Gasteiger partial charge >= 0.3 is 0 Å². The van der Waals surface area contributed by atoms with Gasteiger partial charge in [-0.2, -0.15) is 0 Å². The number of amides is 2. The highest BCUT2D eigenvalue weighted by atomic mass is 35.5. The minimum Gasteiger partial charge on any atom is -0.480 e. The normalized spacial score (nSPS) is 15.1. The molecule has 2 heterocycles. The van der Waals surface area contributed by atoms with E-state index in [0.29, 0.717) is 65.4 Å². The molecule has 1 aromatic heterocycles. The zero-order valence-electron chi connectivity index (χ0n) is 27.5. The number of hydrogen-bond donors (Lipinski definition) is 1. The highest BCUT2D eigenvalue weighted by Crippen LogP contribution is 2.33.